The summed E-state index contributed by atoms with van der Waals surface area (Å²) in [6.45, 7) is 0.268. The fourth-order valence-electron chi connectivity index (χ4n) is 2.36. The highest BCUT2D eigenvalue weighted by Gasteiger charge is 2.16. The number of carbonyl (C=O) groups excluding carboxylic acids is 1. The highest BCUT2D eigenvalue weighted by Crippen LogP contribution is 2.18. The molecule has 1 aromatic carbocycles. The van der Waals surface area contributed by atoms with Crippen LogP contribution in [0.3, 0.4) is 0 Å². The van der Waals surface area contributed by atoms with Gasteiger partial charge in [0.25, 0.3) is 5.89 Å². The summed E-state index contributed by atoms with van der Waals surface area (Å²) in [6, 6.07) is 12.6. The fraction of sp³-hybridized carbons (Fsp3) is 0.111. The lowest BCUT2D eigenvalue weighted by Crippen LogP contribution is -2.04. The standard InChI is InChI=1S/C18H13BrN4O4/c19-13-8-20-23(9-13)10-14-6-7-15(26-14)18(24)25-11-16-21-22-17(27-16)12-4-2-1-3-5-12/h1-9H,10-11H2. The summed E-state index contributed by atoms with van der Waals surface area (Å²) in [5.41, 5.74) is 0.795. The predicted octanol–water partition coefficient (Wildman–Crippen LogP) is 3.69. The Labute approximate surface area is 161 Å². The monoisotopic (exact) mass is 428 g/mol. The van der Waals surface area contributed by atoms with Crippen LogP contribution in [0.4, 0.5) is 0 Å². The molecule has 136 valence electrons. The first kappa shape index (κ1) is 17.2. The summed E-state index contributed by atoms with van der Waals surface area (Å²) in [5, 5.41) is 12.0. The number of aromatic nitrogens is 4. The fourth-order valence-corrected chi connectivity index (χ4v) is 2.69. The molecule has 0 saturated carbocycles. The molecule has 0 amide bonds. The minimum atomic E-state index is -0.609. The van der Waals surface area contributed by atoms with Crippen LogP contribution in [-0.4, -0.2) is 25.9 Å². The van der Waals surface area contributed by atoms with Gasteiger partial charge in [0.1, 0.15) is 5.76 Å². The van der Waals surface area contributed by atoms with Gasteiger partial charge in [0.05, 0.1) is 17.2 Å². The number of esters is 1. The topological polar surface area (TPSA) is 96.2 Å². The molecule has 0 unspecified atom stereocenters. The average Bonchev–Trinajstić information content (AvgIpc) is 3.42. The molecule has 0 N–H and O–H groups in total. The maximum atomic E-state index is 12.1. The third-order valence-electron chi connectivity index (χ3n) is 3.60. The van der Waals surface area contributed by atoms with Crippen LogP contribution in [0.15, 0.2) is 68.2 Å². The van der Waals surface area contributed by atoms with Crippen molar-refractivity contribution in [3.63, 3.8) is 0 Å². The maximum absolute atomic E-state index is 12.1. The Hall–Kier alpha value is -3.20. The first-order chi connectivity index (χ1) is 13.2. The van der Waals surface area contributed by atoms with Crippen LogP contribution in [0, 0.1) is 0 Å². The molecule has 0 radical (unpaired) electrons. The third-order valence-corrected chi connectivity index (χ3v) is 4.01. The van der Waals surface area contributed by atoms with E-state index in [0.29, 0.717) is 18.2 Å². The Kier molecular flexibility index (Phi) is 4.84. The van der Waals surface area contributed by atoms with Crippen molar-refractivity contribution in [2.75, 3.05) is 0 Å². The molecule has 9 heteroatoms. The zero-order valence-electron chi connectivity index (χ0n) is 13.9. The zero-order valence-corrected chi connectivity index (χ0v) is 15.5. The smallest absolute Gasteiger partial charge is 0.374 e. The van der Waals surface area contributed by atoms with Gasteiger partial charge in [-0.3, -0.25) is 4.68 Å². The van der Waals surface area contributed by atoms with Crippen LogP contribution in [0.25, 0.3) is 11.5 Å². The lowest BCUT2D eigenvalue weighted by molar-refractivity contribution is 0.0400. The summed E-state index contributed by atoms with van der Waals surface area (Å²) < 4.78 is 18.7. The minimum Gasteiger partial charge on any atom is -0.452 e. The van der Waals surface area contributed by atoms with E-state index in [9.17, 15) is 4.79 Å². The minimum absolute atomic E-state index is 0.0963. The van der Waals surface area contributed by atoms with E-state index >= 15 is 0 Å². The summed E-state index contributed by atoms with van der Waals surface area (Å²) in [5.74, 6) is 0.644. The van der Waals surface area contributed by atoms with Gasteiger partial charge in [-0.2, -0.15) is 5.10 Å². The van der Waals surface area contributed by atoms with E-state index in [0.717, 1.165) is 10.0 Å². The molecule has 4 aromatic rings. The van der Waals surface area contributed by atoms with Crippen molar-refractivity contribution >= 4 is 21.9 Å². The number of rotatable bonds is 6. The molecule has 3 aromatic heterocycles. The number of hydrogen-bond acceptors (Lipinski definition) is 7. The van der Waals surface area contributed by atoms with Crippen molar-refractivity contribution in [2.45, 2.75) is 13.2 Å². The van der Waals surface area contributed by atoms with E-state index in [2.05, 4.69) is 31.2 Å². The molecule has 4 rings (SSSR count). The van der Waals surface area contributed by atoms with Gasteiger partial charge in [0.15, 0.2) is 6.61 Å². The van der Waals surface area contributed by atoms with Gasteiger partial charge in [-0.25, -0.2) is 4.79 Å². The quantitative estimate of drug-likeness (QED) is 0.432. The Bertz CT molecular complexity index is 1050. The van der Waals surface area contributed by atoms with E-state index < -0.39 is 5.97 Å². The van der Waals surface area contributed by atoms with Gasteiger partial charge < -0.3 is 13.6 Å². The van der Waals surface area contributed by atoms with Crippen LogP contribution in [0.5, 0.6) is 0 Å². The summed E-state index contributed by atoms with van der Waals surface area (Å²) in [4.78, 5) is 12.1. The summed E-state index contributed by atoms with van der Waals surface area (Å²) >= 11 is 3.33. The lowest BCUT2D eigenvalue weighted by Gasteiger charge is -2.00. The number of halogens is 1. The number of benzene rings is 1. The van der Waals surface area contributed by atoms with E-state index in [4.69, 9.17) is 13.6 Å². The van der Waals surface area contributed by atoms with E-state index in [-0.39, 0.29) is 18.3 Å². The van der Waals surface area contributed by atoms with Crippen molar-refractivity contribution in [1.82, 2.24) is 20.0 Å². The summed E-state index contributed by atoms with van der Waals surface area (Å²) in [6.07, 6.45) is 3.48. The zero-order chi connectivity index (χ0) is 18.6. The van der Waals surface area contributed by atoms with Crippen molar-refractivity contribution in [3.8, 4) is 11.5 Å². The number of furan rings is 1. The summed E-state index contributed by atoms with van der Waals surface area (Å²) in [7, 11) is 0. The number of ether oxygens (including phenoxy) is 1. The van der Waals surface area contributed by atoms with Crippen LogP contribution >= 0.6 is 15.9 Å². The molecule has 0 spiro atoms. The van der Waals surface area contributed by atoms with Crippen LogP contribution in [0.2, 0.25) is 0 Å². The Morgan fingerprint density at radius 1 is 1.11 bits per heavy atom. The largest absolute Gasteiger partial charge is 0.452 e. The molecule has 0 aliphatic carbocycles. The molecule has 0 bridgehead atoms. The maximum Gasteiger partial charge on any atom is 0.374 e. The average molecular weight is 429 g/mol. The second-order valence-electron chi connectivity index (χ2n) is 5.57. The molecule has 27 heavy (non-hydrogen) atoms. The third kappa shape index (κ3) is 4.14. The Balaban J connectivity index is 1.35. The van der Waals surface area contributed by atoms with Crippen molar-refractivity contribution in [1.29, 1.82) is 0 Å². The van der Waals surface area contributed by atoms with Gasteiger partial charge in [-0.1, -0.05) is 18.2 Å². The molecule has 8 nitrogen and oxygen atoms in total. The molecule has 0 saturated heterocycles. The second kappa shape index (κ2) is 7.58. The van der Waals surface area contributed by atoms with Crippen LogP contribution in [-0.2, 0) is 17.9 Å². The molecular formula is C18H13BrN4O4. The second-order valence-corrected chi connectivity index (χ2v) is 6.48. The highest BCUT2D eigenvalue weighted by molar-refractivity contribution is 9.10. The molecule has 0 fully saturated rings. The number of nitrogens with zero attached hydrogens (tertiary/aromatic N) is 4. The molecule has 0 aliphatic heterocycles. The van der Waals surface area contributed by atoms with Crippen molar-refractivity contribution in [3.05, 3.63) is 76.7 Å². The normalized spacial score (nSPS) is 10.9. The first-order valence-corrected chi connectivity index (χ1v) is 8.78. The van der Waals surface area contributed by atoms with E-state index in [1.165, 1.54) is 0 Å². The lowest BCUT2D eigenvalue weighted by atomic mass is 10.2. The van der Waals surface area contributed by atoms with E-state index in [1.54, 1.807) is 29.2 Å². The van der Waals surface area contributed by atoms with Gasteiger partial charge >= 0.3 is 5.97 Å². The molecule has 3 heterocycles. The van der Waals surface area contributed by atoms with E-state index in [1.807, 2.05) is 30.3 Å². The number of carbonyl (C=O) groups is 1. The van der Waals surface area contributed by atoms with Gasteiger partial charge in [0, 0.05) is 11.8 Å². The van der Waals surface area contributed by atoms with Crippen LogP contribution in [0.1, 0.15) is 22.2 Å². The van der Waals surface area contributed by atoms with Gasteiger partial charge in [0.2, 0.25) is 11.7 Å². The van der Waals surface area contributed by atoms with Crippen molar-refractivity contribution in [2.24, 2.45) is 0 Å². The Morgan fingerprint density at radius 3 is 2.74 bits per heavy atom. The number of hydrogen-bond donors (Lipinski definition) is 0. The first-order valence-electron chi connectivity index (χ1n) is 7.99. The SMILES string of the molecule is O=C(OCc1nnc(-c2ccccc2)o1)c1ccc(Cn2cc(Br)cn2)o1. The van der Waals surface area contributed by atoms with Crippen molar-refractivity contribution < 1.29 is 18.4 Å². The Morgan fingerprint density at radius 2 is 1.96 bits per heavy atom. The van der Waals surface area contributed by atoms with Gasteiger partial charge in [-0.15, -0.1) is 10.2 Å². The highest BCUT2D eigenvalue weighted by atomic mass is 79.9. The van der Waals surface area contributed by atoms with Crippen LogP contribution < -0.4 is 0 Å². The molecular weight excluding hydrogens is 416 g/mol. The predicted molar refractivity (Wildman–Crippen MR) is 96.6 cm³/mol. The van der Waals surface area contributed by atoms with Gasteiger partial charge in [-0.05, 0) is 40.2 Å². The molecule has 0 atom stereocenters. The molecule has 0 aliphatic rings.